The zero-order valence-corrected chi connectivity index (χ0v) is 14.0. The molecule has 7 heteroatoms. The Hall–Kier alpha value is -2.86. The molecule has 2 aromatic carbocycles. The summed E-state index contributed by atoms with van der Waals surface area (Å²) in [5.74, 6) is -0.962. The normalized spacial score (nSPS) is 16.9. The number of urea groups is 1. The van der Waals surface area contributed by atoms with Gasteiger partial charge in [-0.05, 0) is 31.2 Å². The molecule has 0 aliphatic carbocycles. The number of carbonyl (C=O) groups excluding carboxylic acids is 2. The minimum absolute atomic E-state index is 0.216. The molecule has 1 heterocycles. The maximum Gasteiger partial charge on any atom is 0.319 e. The number of allylic oxidation sites excluding steroid dienone is 1. The third-order valence-corrected chi connectivity index (χ3v) is 4.05. The van der Waals surface area contributed by atoms with Gasteiger partial charge in [0.15, 0.2) is 0 Å². The van der Waals surface area contributed by atoms with Crippen molar-refractivity contribution in [1.82, 2.24) is 10.6 Å². The molecule has 0 bridgehead atoms. The molecule has 1 aliphatic heterocycles. The molecule has 3 amide bonds. The molecule has 0 spiro atoms. The van der Waals surface area contributed by atoms with E-state index in [1.54, 1.807) is 43.3 Å². The molecule has 0 aromatic heterocycles. The largest absolute Gasteiger partial charge is 0.327 e. The predicted molar refractivity (Wildman–Crippen MR) is 93.6 cm³/mol. The zero-order chi connectivity index (χ0) is 18.0. The van der Waals surface area contributed by atoms with E-state index in [9.17, 15) is 14.0 Å². The minimum Gasteiger partial charge on any atom is -0.327 e. The number of benzene rings is 2. The molecule has 3 rings (SSSR count). The van der Waals surface area contributed by atoms with Gasteiger partial charge < -0.3 is 16.0 Å². The molecule has 5 nitrogen and oxygen atoms in total. The van der Waals surface area contributed by atoms with E-state index < -0.39 is 23.8 Å². The van der Waals surface area contributed by atoms with Crippen LogP contribution in [0.1, 0.15) is 18.5 Å². The van der Waals surface area contributed by atoms with Gasteiger partial charge in [-0.2, -0.15) is 0 Å². The number of nitrogens with one attached hydrogen (secondary N) is 3. The van der Waals surface area contributed by atoms with Gasteiger partial charge in [0.05, 0.1) is 11.6 Å². The maximum absolute atomic E-state index is 14.2. The van der Waals surface area contributed by atoms with Crippen LogP contribution in [0.2, 0.25) is 5.02 Å². The summed E-state index contributed by atoms with van der Waals surface area (Å²) in [5.41, 5.74) is 1.30. The van der Waals surface area contributed by atoms with Crippen molar-refractivity contribution in [2.24, 2.45) is 0 Å². The minimum atomic E-state index is -0.894. The highest BCUT2D eigenvalue weighted by Crippen LogP contribution is 2.29. The summed E-state index contributed by atoms with van der Waals surface area (Å²) in [5, 5.41) is 8.34. The lowest BCUT2D eigenvalue weighted by Crippen LogP contribution is -2.46. The lowest BCUT2D eigenvalue weighted by molar-refractivity contribution is -0.113. The third-order valence-electron chi connectivity index (χ3n) is 3.81. The van der Waals surface area contributed by atoms with E-state index in [2.05, 4.69) is 16.0 Å². The molecule has 25 heavy (non-hydrogen) atoms. The van der Waals surface area contributed by atoms with Crippen LogP contribution in [0, 0.1) is 5.82 Å². The van der Waals surface area contributed by atoms with E-state index in [1.807, 2.05) is 0 Å². The fourth-order valence-corrected chi connectivity index (χ4v) is 2.89. The first-order valence-electron chi connectivity index (χ1n) is 7.55. The van der Waals surface area contributed by atoms with E-state index in [4.69, 9.17) is 11.6 Å². The third kappa shape index (κ3) is 3.64. The average molecular weight is 360 g/mol. The fourth-order valence-electron chi connectivity index (χ4n) is 2.70. The van der Waals surface area contributed by atoms with Gasteiger partial charge in [-0.15, -0.1) is 0 Å². The quantitative estimate of drug-likeness (QED) is 0.781. The number of rotatable bonds is 3. The number of anilines is 1. The Morgan fingerprint density at radius 3 is 2.68 bits per heavy atom. The molecule has 0 saturated heterocycles. The molecule has 1 atom stereocenters. The summed E-state index contributed by atoms with van der Waals surface area (Å²) in [4.78, 5) is 24.6. The van der Waals surface area contributed by atoms with Gasteiger partial charge in [-0.1, -0.05) is 35.9 Å². The molecule has 1 aliphatic rings. The van der Waals surface area contributed by atoms with Crippen LogP contribution in [0.25, 0.3) is 0 Å². The van der Waals surface area contributed by atoms with E-state index in [0.29, 0.717) is 16.4 Å². The van der Waals surface area contributed by atoms with E-state index in [-0.39, 0.29) is 11.1 Å². The molecule has 0 unspecified atom stereocenters. The summed E-state index contributed by atoms with van der Waals surface area (Å²) in [6, 6.07) is 11.3. The van der Waals surface area contributed by atoms with Crippen LogP contribution in [0.15, 0.2) is 59.8 Å². The Balaban J connectivity index is 1.97. The first-order chi connectivity index (χ1) is 12.0. The number of hydrogen-bond acceptors (Lipinski definition) is 2. The second kappa shape index (κ2) is 6.94. The number of halogens is 2. The molecule has 0 fully saturated rings. The van der Waals surface area contributed by atoms with Crippen LogP contribution in [0.4, 0.5) is 14.9 Å². The summed E-state index contributed by atoms with van der Waals surface area (Å²) < 4.78 is 14.2. The van der Waals surface area contributed by atoms with Gasteiger partial charge >= 0.3 is 6.03 Å². The standard InChI is InChI=1S/C18H15ClFN3O2/c1-10-15(17(24)22-12-6-4-5-11(19)9-12)16(23-18(25)21-10)13-7-2-3-8-14(13)20/h2-9,16H,1H3,(H,22,24)(H2,21,23,25)/t16-/m1/s1. The highest BCUT2D eigenvalue weighted by atomic mass is 35.5. The van der Waals surface area contributed by atoms with Gasteiger partial charge in [0.2, 0.25) is 0 Å². The van der Waals surface area contributed by atoms with Gasteiger partial charge in [-0.25, -0.2) is 9.18 Å². The molecular weight excluding hydrogens is 345 g/mol. The van der Waals surface area contributed by atoms with E-state index in [0.717, 1.165) is 0 Å². The molecular formula is C18H15ClFN3O2. The first-order valence-corrected chi connectivity index (χ1v) is 7.93. The molecule has 128 valence electrons. The zero-order valence-electron chi connectivity index (χ0n) is 13.3. The second-order valence-electron chi connectivity index (χ2n) is 5.56. The highest BCUT2D eigenvalue weighted by Gasteiger charge is 2.32. The monoisotopic (exact) mass is 359 g/mol. The first kappa shape index (κ1) is 17.0. The van der Waals surface area contributed by atoms with Crippen molar-refractivity contribution in [3.8, 4) is 0 Å². The lowest BCUT2D eigenvalue weighted by Gasteiger charge is -2.28. The van der Waals surface area contributed by atoms with Crippen LogP contribution in [-0.2, 0) is 4.79 Å². The van der Waals surface area contributed by atoms with Crippen molar-refractivity contribution in [3.63, 3.8) is 0 Å². The highest BCUT2D eigenvalue weighted by molar-refractivity contribution is 6.31. The van der Waals surface area contributed by atoms with Crippen molar-refractivity contribution in [2.45, 2.75) is 13.0 Å². The number of carbonyl (C=O) groups is 2. The van der Waals surface area contributed by atoms with Crippen LogP contribution < -0.4 is 16.0 Å². The number of hydrogen-bond donors (Lipinski definition) is 3. The smallest absolute Gasteiger partial charge is 0.319 e. The fraction of sp³-hybridized carbons (Fsp3) is 0.111. The second-order valence-corrected chi connectivity index (χ2v) is 5.99. The molecule has 2 aromatic rings. The molecule has 3 N–H and O–H groups in total. The van der Waals surface area contributed by atoms with Crippen molar-refractivity contribution < 1.29 is 14.0 Å². The lowest BCUT2D eigenvalue weighted by atomic mass is 9.94. The molecule has 0 radical (unpaired) electrons. The Morgan fingerprint density at radius 2 is 1.96 bits per heavy atom. The SMILES string of the molecule is CC1=C(C(=O)Nc2cccc(Cl)c2)[C@@H](c2ccccc2F)NC(=O)N1. The summed E-state index contributed by atoms with van der Waals surface area (Å²) in [6.45, 7) is 1.60. The summed E-state index contributed by atoms with van der Waals surface area (Å²) in [7, 11) is 0. The van der Waals surface area contributed by atoms with Gasteiger partial charge in [0, 0.05) is 22.0 Å². The topological polar surface area (TPSA) is 70.2 Å². The van der Waals surface area contributed by atoms with Crippen molar-refractivity contribution in [1.29, 1.82) is 0 Å². The van der Waals surface area contributed by atoms with Crippen molar-refractivity contribution >= 4 is 29.2 Å². The molecule has 0 saturated carbocycles. The Bertz CT molecular complexity index is 882. The van der Waals surface area contributed by atoms with Crippen molar-refractivity contribution in [2.75, 3.05) is 5.32 Å². The summed E-state index contributed by atoms with van der Waals surface area (Å²) >= 11 is 5.92. The summed E-state index contributed by atoms with van der Waals surface area (Å²) in [6.07, 6.45) is 0. The van der Waals surface area contributed by atoms with Gasteiger partial charge in [-0.3, -0.25) is 4.79 Å². The Labute approximate surface area is 148 Å². The van der Waals surface area contributed by atoms with E-state index in [1.165, 1.54) is 12.1 Å². The van der Waals surface area contributed by atoms with Crippen molar-refractivity contribution in [3.05, 3.63) is 76.2 Å². The van der Waals surface area contributed by atoms with E-state index >= 15 is 0 Å². The van der Waals surface area contributed by atoms with Crippen LogP contribution in [-0.4, -0.2) is 11.9 Å². The number of amides is 3. The predicted octanol–water partition coefficient (Wildman–Crippen LogP) is 3.75. The maximum atomic E-state index is 14.2. The van der Waals surface area contributed by atoms with Gasteiger partial charge in [0.1, 0.15) is 5.82 Å². The van der Waals surface area contributed by atoms with Crippen LogP contribution >= 0.6 is 11.6 Å². The Morgan fingerprint density at radius 1 is 1.20 bits per heavy atom. The Kier molecular flexibility index (Phi) is 4.72. The van der Waals surface area contributed by atoms with Gasteiger partial charge in [0.25, 0.3) is 5.91 Å². The average Bonchev–Trinajstić information content (AvgIpc) is 2.54. The van der Waals surface area contributed by atoms with Crippen LogP contribution in [0.5, 0.6) is 0 Å². The van der Waals surface area contributed by atoms with Crippen LogP contribution in [0.3, 0.4) is 0 Å².